The Morgan fingerprint density at radius 2 is 1.69 bits per heavy atom. The van der Waals surface area contributed by atoms with E-state index in [1.807, 2.05) is 63.2 Å². The molecule has 0 aliphatic heterocycles. The van der Waals surface area contributed by atoms with Gasteiger partial charge in [-0.15, -0.1) is 0 Å². The fourth-order valence-electron chi connectivity index (χ4n) is 4.16. The van der Waals surface area contributed by atoms with Gasteiger partial charge in [-0.05, 0) is 61.1 Å². The number of rotatable bonds is 4. The highest BCUT2D eigenvalue weighted by Gasteiger charge is 2.22. The molecule has 0 saturated carbocycles. The molecule has 5 heteroatoms. The second-order valence-corrected chi connectivity index (χ2v) is 8.92. The maximum absolute atomic E-state index is 13.1. The van der Waals surface area contributed by atoms with Gasteiger partial charge in [0.1, 0.15) is 5.58 Å². The van der Waals surface area contributed by atoms with Crippen molar-refractivity contribution >= 4 is 40.2 Å². The minimum atomic E-state index is -0.358. The van der Waals surface area contributed by atoms with Gasteiger partial charge in [-0.3, -0.25) is 5.32 Å². The van der Waals surface area contributed by atoms with E-state index in [1.54, 1.807) is 0 Å². The molecule has 0 radical (unpaired) electrons. The van der Waals surface area contributed by atoms with Gasteiger partial charge in [0.15, 0.2) is 0 Å². The Morgan fingerprint density at radius 1 is 0.938 bits per heavy atom. The lowest BCUT2D eigenvalue weighted by Gasteiger charge is -2.16. The number of benzene rings is 3. The van der Waals surface area contributed by atoms with Gasteiger partial charge in [-0.1, -0.05) is 67.9 Å². The van der Waals surface area contributed by atoms with E-state index in [4.69, 9.17) is 16.0 Å². The molecule has 1 aromatic heterocycles. The lowest BCUT2D eigenvalue weighted by molar-refractivity contribution is 0.261. The summed E-state index contributed by atoms with van der Waals surface area (Å²) in [5.41, 5.74) is 7.36. The number of furan rings is 1. The van der Waals surface area contributed by atoms with Crippen LogP contribution in [-0.2, 0) is 0 Å². The highest BCUT2D eigenvalue weighted by molar-refractivity contribution is 6.34. The zero-order chi connectivity index (χ0) is 23.0. The SMILES string of the molecule is Cc1cc(C)c2oc(NC(=O)Nc3c(C)cccc3C(C)C)c(-c3ccccc3Cl)c2c1. The summed E-state index contributed by atoms with van der Waals surface area (Å²) in [6.45, 7) is 10.3. The van der Waals surface area contributed by atoms with Gasteiger partial charge in [0.25, 0.3) is 0 Å². The summed E-state index contributed by atoms with van der Waals surface area (Å²) in [5.74, 6) is 0.652. The Kier molecular flexibility index (Phi) is 5.98. The standard InChI is InChI=1S/C27H27ClN2O2/c1-15(2)19-11-8-9-17(4)24(19)29-27(31)30-26-23(20-10-6-7-12-22(20)28)21-14-16(3)13-18(5)25(21)32-26/h6-15H,1-5H3,(H2,29,30,31). The van der Waals surface area contributed by atoms with E-state index < -0.39 is 0 Å². The van der Waals surface area contributed by atoms with Crippen molar-refractivity contribution in [3.63, 3.8) is 0 Å². The number of aryl methyl sites for hydroxylation is 3. The number of urea groups is 1. The van der Waals surface area contributed by atoms with Crippen molar-refractivity contribution in [2.75, 3.05) is 10.6 Å². The third-order valence-electron chi connectivity index (χ3n) is 5.66. The molecule has 32 heavy (non-hydrogen) atoms. The number of fused-ring (bicyclic) bond motifs is 1. The molecule has 2 N–H and O–H groups in total. The van der Waals surface area contributed by atoms with Gasteiger partial charge in [0.05, 0.1) is 5.56 Å². The molecule has 0 aliphatic rings. The lowest BCUT2D eigenvalue weighted by atomic mass is 9.98. The maximum atomic E-state index is 13.1. The van der Waals surface area contributed by atoms with Gasteiger partial charge in [-0.25, -0.2) is 4.79 Å². The first-order valence-corrected chi connectivity index (χ1v) is 11.1. The van der Waals surface area contributed by atoms with Crippen LogP contribution in [0.3, 0.4) is 0 Å². The summed E-state index contributed by atoms with van der Waals surface area (Å²) < 4.78 is 6.18. The number of hydrogen-bond acceptors (Lipinski definition) is 2. The van der Waals surface area contributed by atoms with Crippen LogP contribution in [0.1, 0.15) is 42.0 Å². The van der Waals surface area contributed by atoms with E-state index in [2.05, 4.69) is 36.6 Å². The van der Waals surface area contributed by atoms with Gasteiger partial charge in [-0.2, -0.15) is 0 Å². The third-order valence-corrected chi connectivity index (χ3v) is 5.98. The lowest BCUT2D eigenvalue weighted by Crippen LogP contribution is -2.21. The van der Waals surface area contributed by atoms with Crippen molar-refractivity contribution in [1.82, 2.24) is 0 Å². The molecular weight excluding hydrogens is 420 g/mol. The Bertz CT molecular complexity index is 1320. The van der Waals surface area contributed by atoms with Gasteiger partial charge in [0, 0.05) is 21.7 Å². The van der Waals surface area contributed by atoms with Crippen molar-refractivity contribution in [3.05, 3.63) is 81.9 Å². The molecule has 0 unspecified atom stereocenters. The van der Waals surface area contributed by atoms with Crippen LogP contribution < -0.4 is 10.6 Å². The fraction of sp³-hybridized carbons (Fsp3) is 0.222. The van der Waals surface area contributed by atoms with Crippen molar-refractivity contribution in [3.8, 4) is 11.1 Å². The van der Waals surface area contributed by atoms with Crippen molar-refractivity contribution in [2.45, 2.75) is 40.5 Å². The van der Waals surface area contributed by atoms with Crippen LogP contribution in [0.5, 0.6) is 0 Å². The summed E-state index contributed by atoms with van der Waals surface area (Å²) in [5, 5.41) is 7.49. The summed E-state index contributed by atoms with van der Waals surface area (Å²) in [7, 11) is 0. The van der Waals surface area contributed by atoms with Gasteiger partial charge in [0.2, 0.25) is 5.88 Å². The molecule has 0 fully saturated rings. The average molecular weight is 447 g/mol. The molecule has 0 atom stereocenters. The average Bonchev–Trinajstić information content (AvgIpc) is 3.07. The maximum Gasteiger partial charge on any atom is 0.326 e. The zero-order valence-electron chi connectivity index (χ0n) is 19.0. The van der Waals surface area contributed by atoms with Crippen LogP contribution in [0.15, 0.2) is 59.0 Å². The molecule has 2 amide bonds. The van der Waals surface area contributed by atoms with E-state index >= 15 is 0 Å². The third kappa shape index (κ3) is 4.11. The van der Waals surface area contributed by atoms with Crippen molar-refractivity contribution in [2.24, 2.45) is 0 Å². The Labute approximate surface area is 193 Å². The van der Waals surface area contributed by atoms with Crippen LogP contribution >= 0.6 is 11.6 Å². The molecule has 3 aromatic carbocycles. The van der Waals surface area contributed by atoms with Crippen LogP contribution in [-0.4, -0.2) is 6.03 Å². The molecule has 0 spiro atoms. The minimum Gasteiger partial charge on any atom is -0.439 e. The van der Waals surface area contributed by atoms with Crippen LogP contribution in [0.4, 0.5) is 16.4 Å². The zero-order valence-corrected chi connectivity index (χ0v) is 19.7. The molecule has 164 valence electrons. The number of anilines is 2. The topological polar surface area (TPSA) is 54.3 Å². The number of carbonyl (C=O) groups excluding carboxylic acids is 1. The summed E-state index contributed by atoms with van der Waals surface area (Å²) in [6, 6.07) is 17.4. The molecule has 4 nitrogen and oxygen atoms in total. The quantitative estimate of drug-likeness (QED) is 0.330. The normalized spacial score (nSPS) is 11.2. The van der Waals surface area contributed by atoms with E-state index in [1.165, 1.54) is 0 Å². The highest BCUT2D eigenvalue weighted by atomic mass is 35.5. The second-order valence-electron chi connectivity index (χ2n) is 8.52. The van der Waals surface area contributed by atoms with E-state index in [0.717, 1.165) is 50.0 Å². The van der Waals surface area contributed by atoms with Crippen LogP contribution in [0.25, 0.3) is 22.1 Å². The minimum absolute atomic E-state index is 0.278. The van der Waals surface area contributed by atoms with E-state index in [0.29, 0.717) is 10.9 Å². The Morgan fingerprint density at radius 3 is 2.41 bits per heavy atom. The highest BCUT2D eigenvalue weighted by Crippen LogP contribution is 2.43. The summed E-state index contributed by atoms with van der Waals surface area (Å²) in [6.07, 6.45) is 0. The van der Waals surface area contributed by atoms with Crippen LogP contribution in [0, 0.1) is 20.8 Å². The van der Waals surface area contributed by atoms with Crippen molar-refractivity contribution < 1.29 is 9.21 Å². The number of amides is 2. The molecule has 0 bridgehead atoms. The van der Waals surface area contributed by atoms with Gasteiger partial charge >= 0.3 is 6.03 Å². The molecular formula is C27H27ClN2O2. The van der Waals surface area contributed by atoms with Gasteiger partial charge < -0.3 is 9.73 Å². The molecule has 4 aromatic rings. The van der Waals surface area contributed by atoms with E-state index in [9.17, 15) is 4.79 Å². The van der Waals surface area contributed by atoms with Crippen molar-refractivity contribution in [1.29, 1.82) is 0 Å². The smallest absolute Gasteiger partial charge is 0.326 e. The first-order chi connectivity index (χ1) is 15.3. The first-order valence-electron chi connectivity index (χ1n) is 10.7. The molecule has 1 heterocycles. The molecule has 4 rings (SSSR count). The Hall–Kier alpha value is -3.24. The molecule has 0 aliphatic carbocycles. The molecule has 0 saturated heterocycles. The number of halogens is 1. The second kappa shape index (κ2) is 8.71. The Balaban J connectivity index is 1.79. The number of carbonyl (C=O) groups is 1. The predicted octanol–water partition coefficient (Wildman–Crippen LogP) is 8.45. The summed E-state index contributed by atoms with van der Waals surface area (Å²) >= 11 is 6.54. The number of para-hydroxylation sites is 1. The largest absolute Gasteiger partial charge is 0.439 e. The first kappa shape index (κ1) is 22.0. The summed E-state index contributed by atoms with van der Waals surface area (Å²) in [4.78, 5) is 13.1. The van der Waals surface area contributed by atoms with E-state index in [-0.39, 0.29) is 11.9 Å². The number of hydrogen-bond donors (Lipinski definition) is 2. The predicted molar refractivity (Wildman–Crippen MR) is 134 cm³/mol. The van der Waals surface area contributed by atoms with Crippen LogP contribution in [0.2, 0.25) is 5.02 Å². The number of nitrogens with one attached hydrogen (secondary N) is 2. The fourth-order valence-corrected chi connectivity index (χ4v) is 4.39. The monoisotopic (exact) mass is 446 g/mol.